The molecule has 0 aliphatic heterocycles. The van der Waals surface area contributed by atoms with E-state index in [1.54, 1.807) is 6.07 Å². The lowest BCUT2D eigenvalue weighted by atomic mass is 10.1. The van der Waals surface area contributed by atoms with Crippen LogP contribution in [-0.4, -0.2) is 11.5 Å². The molecule has 0 aliphatic rings. The fraction of sp³-hybridized carbons (Fsp3) is 0.625. The highest BCUT2D eigenvalue weighted by molar-refractivity contribution is 5.43. The number of rotatable bonds is 11. The maximum atomic E-state index is 10.7. The van der Waals surface area contributed by atoms with Crippen LogP contribution in [-0.2, 0) is 6.54 Å². The smallest absolute Gasteiger partial charge is 0.270 e. The predicted octanol–water partition coefficient (Wildman–Crippen LogP) is 4.18. The van der Waals surface area contributed by atoms with Crippen LogP contribution < -0.4 is 10.5 Å². The van der Waals surface area contributed by atoms with Gasteiger partial charge in [-0.15, -0.1) is 0 Å². The molecule has 0 saturated carbocycles. The van der Waals surface area contributed by atoms with Crippen LogP contribution in [0, 0.1) is 10.1 Å². The summed E-state index contributed by atoms with van der Waals surface area (Å²) >= 11 is 0. The van der Waals surface area contributed by atoms with Crippen molar-refractivity contribution in [1.29, 1.82) is 0 Å². The first-order valence-electron chi connectivity index (χ1n) is 7.79. The molecule has 0 spiro atoms. The molecule has 21 heavy (non-hydrogen) atoms. The Kier molecular flexibility index (Phi) is 8.43. The van der Waals surface area contributed by atoms with E-state index in [1.807, 2.05) is 0 Å². The molecule has 0 radical (unpaired) electrons. The van der Waals surface area contributed by atoms with Gasteiger partial charge < -0.3 is 10.5 Å². The largest absolute Gasteiger partial charge is 0.493 e. The Morgan fingerprint density at radius 2 is 1.81 bits per heavy atom. The Morgan fingerprint density at radius 1 is 1.14 bits per heavy atom. The van der Waals surface area contributed by atoms with Crippen molar-refractivity contribution in [2.75, 3.05) is 6.61 Å². The number of hydrogen-bond donors (Lipinski definition) is 1. The van der Waals surface area contributed by atoms with E-state index in [-0.39, 0.29) is 12.2 Å². The van der Waals surface area contributed by atoms with Gasteiger partial charge in [0.1, 0.15) is 5.75 Å². The van der Waals surface area contributed by atoms with Crippen LogP contribution in [0.1, 0.15) is 57.4 Å². The van der Waals surface area contributed by atoms with E-state index in [4.69, 9.17) is 10.5 Å². The molecule has 0 atom stereocenters. The van der Waals surface area contributed by atoms with E-state index in [2.05, 4.69) is 6.92 Å². The molecule has 1 aromatic carbocycles. The first kappa shape index (κ1) is 17.4. The first-order chi connectivity index (χ1) is 10.2. The number of unbranched alkanes of at least 4 members (excludes halogenated alkanes) is 6. The first-order valence-corrected chi connectivity index (χ1v) is 7.79. The normalized spacial score (nSPS) is 10.6. The van der Waals surface area contributed by atoms with Crippen LogP contribution in [0.3, 0.4) is 0 Å². The highest BCUT2D eigenvalue weighted by atomic mass is 16.6. The topological polar surface area (TPSA) is 78.4 Å². The monoisotopic (exact) mass is 294 g/mol. The van der Waals surface area contributed by atoms with Gasteiger partial charge in [-0.1, -0.05) is 45.4 Å². The molecule has 5 heteroatoms. The van der Waals surface area contributed by atoms with Gasteiger partial charge >= 0.3 is 0 Å². The zero-order valence-corrected chi connectivity index (χ0v) is 12.8. The molecule has 0 unspecified atom stereocenters. The highest BCUT2D eigenvalue weighted by Gasteiger charge is 2.10. The van der Waals surface area contributed by atoms with Gasteiger partial charge in [-0.3, -0.25) is 10.1 Å². The lowest BCUT2D eigenvalue weighted by molar-refractivity contribution is -0.384. The summed E-state index contributed by atoms with van der Waals surface area (Å²) in [5.41, 5.74) is 6.36. The maximum Gasteiger partial charge on any atom is 0.270 e. The fourth-order valence-electron chi connectivity index (χ4n) is 2.22. The molecule has 1 rings (SSSR count). The Bertz CT molecular complexity index is 436. The van der Waals surface area contributed by atoms with Crippen LogP contribution in [0.2, 0.25) is 0 Å². The summed E-state index contributed by atoms with van der Waals surface area (Å²) in [7, 11) is 0. The Hall–Kier alpha value is -1.62. The number of hydrogen-bond acceptors (Lipinski definition) is 4. The second-order valence-electron chi connectivity index (χ2n) is 5.22. The third-order valence-corrected chi connectivity index (χ3v) is 3.48. The molecule has 0 aromatic heterocycles. The number of nitrogens with zero attached hydrogens (tertiary/aromatic N) is 1. The van der Waals surface area contributed by atoms with Crippen molar-refractivity contribution in [3.63, 3.8) is 0 Å². The molecule has 118 valence electrons. The van der Waals surface area contributed by atoms with Gasteiger partial charge in [0.25, 0.3) is 5.69 Å². The molecule has 0 saturated heterocycles. The van der Waals surface area contributed by atoms with Crippen molar-refractivity contribution in [2.45, 2.75) is 58.4 Å². The van der Waals surface area contributed by atoms with Crippen molar-refractivity contribution < 1.29 is 9.66 Å². The molecule has 5 nitrogen and oxygen atoms in total. The third-order valence-electron chi connectivity index (χ3n) is 3.48. The second-order valence-corrected chi connectivity index (χ2v) is 5.22. The molecule has 0 fully saturated rings. The average Bonchev–Trinajstić information content (AvgIpc) is 2.49. The van der Waals surface area contributed by atoms with Gasteiger partial charge in [0.2, 0.25) is 0 Å². The molecule has 0 heterocycles. The third kappa shape index (κ3) is 6.58. The standard InChI is InChI=1S/C16H26N2O3/c1-2-3-4-5-6-7-8-11-21-16-10-9-15(18(19)20)12-14(16)13-17/h9-10,12H,2-8,11,13,17H2,1H3. The van der Waals surface area contributed by atoms with E-state index in [1.165, 1.54) is 44.2 Å². The quantitative estimate of drug-likeness (QED) is 0.377. The maximum absolute atomic E-state index is 10.7. The molecular formula is C16H26N2O3. The molecule has 0 bridgehead atoms. The van der Waals surface area contributed by atoms with E-state index < -0.39 is 4.92 Å². The zero-order chi connectivity index (χ0) is 15.5. The van der Waals surface area contributed by atoms with Crippen molar-refractivity contribution in [2.24, 2.45) is 5.73 Å². The summed E-state index contributed by atoms with van der Waals surface area (Å²) < 4.78 is 5.69. The van der Waals surface area contributed by atoms with Crippen LogP contribution in [0.15, 0.2) is 18.2 Å². The molecule has 2 N–H and O–H groups in total. The van der Waals surface area contributed by atoms with Crippen molar-refractivity contribution >= 4 is 5.69 Å². The summed E-state index contributed by atoms with van der Waals surface area (Å²) in [4.78, 5) is 10.3. The Balaban J connectivity index is 2.30. The van der Waals surface area contributed by atoms with Crippen molar-refractivity contribution in [1.82, 2.24) is 0 Å². The summed E-state index contributed by atoms with van der Waals surface area (Å²) in [6.45, 7) is 3.10. The van der Waals surface area contributed by atoms with E-state index in [9.17, 15) is 10.1 Å². The van der Waals surface area contributed by atoms with Gasteiger partial charge in [0.05, 0.1) is 11.5 Å². The van der Waals surface area contributed by atoms with Gasteiger partial charge in [-0.05, 0) is 12.5 Å². The van der Waals surface area contributed by atoms with Crippen LogP contribution >= 0.6 is 0 Å². The van der Waals surface area contributed by atoms with Crippen LogP contribution in [0.25, 0.3) is 0 Å². The number of nitrogens with two attached hydrogens (primary N) is 1. The average molecular weight is 294 g/mol. The summed E-state index contributed by atoms with van der Waals surface area (Å²) in [5, 5.41) is 10.7. The van der Waals surface area contributed by atoms with Crippen LogP contribution in [0.4, 0.5) is 5.69 Å². The van der Waals surface area contributed by atoms with Crippen molar-refractivity contribution in [3.8, 4) is 5.75 Å². The van der Waals surface area contributed by atoms with Crippen LogP contribution in [0.5, 0.6) is 5.75 Å². The fourth-order valence-corrected chi connectivity index (χ4v) is 2.22. The minimum absolute atomic E-state index is 0.0544. The van der Waals surface area contributed by atoms with E-state index in [0.717, 1.165) is 12.8 Å². The van der Waals surface area contributed by atoms with Gasteiger partial charge in [-0.2, -0.15) is 0 Å². The van der Waals surface area contributed by atoms with Gasteiger partial charge in [0.15, 0.2) is 0 Å². The lowest BCUT2D eigenvalue weighted by Gasteiger charge is -2.10. The number of ether oxygens (including phenoxy) is 1. The second kappa shape index (κ2) is 10.2. The van der Waals surface area contributed by atoms with Crippen molar-refractivity contribution in [3.05, 3.63) is 33.9 Å². The number of nitro benzene ring substituents is 1. The minimum atomic E-state index is -0.417. The summed E-state index contributed by atoms with van der Waals surface area (Å²) in [5.74, 6) is 0.661. The zero-order valence-electron chi connectivity index (χ0n) is 12.8. The molecule has 0 aliphatic carbocycles. The number of benzene rings is 1. The summed E-state index contributed by atoms with van der Waals surface area (Å²) in [6, 6.07) is 4.58. The highest BCUT2D eigenvalue weighted by Crippen LogP contribution is 2.24. The van der Waals surface area contributed by atoms with E-state index >= 15 is 0 Å². The SMILES string of the molecule is CCCCCCCCCOc1ccc([N+](=O)[O-])cc1CN. The van der Waals surface area contributed by atoms with Gasteiger partial charge in [0, 0.05) is 24.2 Å². The summed E-state index contributed by atoms with van der Waals surface area (Å²) in [6.07, 6.45) is 8.61. The number of non-ortho nitro benzene ring substituents is 1. The Labute approximate surface area is 126 Å². The lowest BCUT2D eigenvalue weighted by Crippen LogP contribution is -2.04. The van der Waals surface area contributed by atoms with E-state index in [0.29, 0.717) is 17.9 Å². The molecular weight excluding hydrogens is 268 g/mol. The molecule has 0 amide bonds. The number of nitro groups is 1. The Morgan fingerprint density at radius 3 is 2.43 bits per heavy atom. The van der Waals surface area contributed by atoms with Gasteiger partial charge in [-0.25, -0.2) is 0 Å². The molecule has 1 aromatic rings. The minimum Gasteiger partial charge on any atom is -0.493 e. The predicted molar refractivity (Wildman–Crippen MR) is 84.5 cm³/mol.